The van der Waals surface area contributed by atoms with Crippen molar-refractivity contribution in [2.24, 2.45) is 0 Å². The molecule has 1 aromatic heterocycles. The van der Waals surface area contributed by atoms with Crippen molar-refractivity contribution in [3.8, 4) is 0 Å². The molecule has 0 radical (unpaired) electrons. The van der Waals surface area contributed by atoms with Crippen LogP contribution in [0, 0.1) is 0 Å². The lowest BCUT2D eigenvalue weighted by Crippen LogP contribution is -2.12. The summed E-state index contributed by atoms with van der Waals surface area (Å²) >= 11 is 0. The first-order valence-electron chi connectivity index (χ1n) is 5.74. The predicted octanol–water partition coefficient (Wildman–Crippen LogP) is 1.29. The highest BCUT2D eigenvalue weighted by atomic mass is 16.5. The zero-order chi connectivity index (χ0) is 13.1. The number of allylic oxidation sites excluding steroid dienone is 1. The van der Waals surface area contributed by atoms with Gasteiger partial charge in [-0.1, -0.05) is 0 Å². The van der Waals surface area contributed by atoms with E-state index in [-0.39, 0.29) is 11.9 Å². The number of carbonyl (C=O) groups excluding carboxylic acids is 2. The number of rotatable bonds is 3. The molecule has 0 atom stereocenters. The highest BCUT2D eigenvalue weighted by molar-refractivity contribution is 5.99. The number of pyridine rings is 1. The third-order valence-electron chi connectivity index (χ3n) is 2.71. The molecule has 5 heteroatoms. The Labute approximate surface area is 105 Å². The minimum absolute atomic E-state index is 0.122. The molecule has 1 amide bonds. The van der Waals surface area contributed by atoms with Crippen molar-refractivity contribution in [2.45, 2.75) is 20.4 Å². The van der Waals surface area contributed by atoms with Crippen LogP contribution < -0.4 is 5.32 Å². The summed E-state index contributed by atoms with van der Waals surface area (Å²) in [5, 5.41) is 2.70. The van der Waals surface area contributed by atoms with E-state index in [9.17, 15) is 9.59 Å². The Hall–Kier alpha value is -2.17. The Balaban J connectivity index is 2.27. The fourth-order valence-electron chi connectivity index (χ4n) is 1.75. The number of hydrogen-bond donors (Lipinski definition) is 1. The smallest absolute Gasteiger partial charge is 0.331 e. The Morgan fingerprint density at radius 1 is 1.61 bits per heavy atom. The third kappa shape index (κ3) is 2.40. The molecule has 1 aliphatic heterocycles. The molecule has 0 bridgehead atoms. The van der Waals surface area contributed by atoms with Gasteiger partial charge < -0.3 is 10.1 Å². The van der Waals surface area contributed by atoms with Gasteiger partial charge >= 0.3 is 5.97 Å². The maximum atomic E-state index is 11.5. The van der Waals surface area contributed by atoms with Gasteiger partial charge in [-0.3, -0.25) is 9.78 Å². The predicted molar refractivity (Wildman–Crippen MR) is 65.7 cm³/mol. The molecular formula is C13H14N2O3. The lowest BCUT2D eigenvalue weighted by Gasteiger charge is -2.03. The summed E-state index contributed by atoms with van der Waals surface area (Å²) in [5.41, 5.74) is 2.79. The van der Waals surface area contributed by atoms with Gasteiger partial charge in [-0.15, -0.1) is 0 Å². The first-order valence-corrected chi connectivity index (χ1v) is 5.74. The van der Waals surface area contributed by atoms with Crippen LogP contribution in [0.3, 0.4) is 0 Å². The summed E-state index contributed by atoms with van der Waals surface area (Å²) in [6.07, 6.45) is 3.06. The van der Waals surface area contributed by atoms with Gasteiger partial charge in [-0.05, 0) is 31.1 Å². The van der Waals surface area contributed by atoms with Crippen LogP contribution >= 0.6 is 0 Å². The van der Waals surface area contributed by atoms with Crippen LogP contribution in [0.4, 0.5) is 0 Å². The molecule has 1 aliphatic rings. The van der Waals surface area contributed by atoms with Crippen molar-refractivity contribution in [1.29, 1.82) is 0 Å². The molecular weight excluding hydrogens is 232 g/mol. The van der Waals surface area contributed by atoms with Gasteiger partial charge in [0.05, 0.1) is 24.4 Å². The van der Waals surface area contributed by atoms with Crippen molar-refractivity contribution in [3.63, 3.8) is 0 Å². The number of amides is 1. The molecule has 0 saturated carbocycles. The van der Waals surface area contributed by atoms with Crippen LogP contribution in [0.15, 0.2) is 18.3 Å². The van der Waals surface area contributed by atoms with Crippen molar-refractivity contribution in [1.82, 2.24) is 10.3 Å². The largest absolute Gasteiger partial charge is 0.463 e. The van der Waals surface area contributed by atoms with Crippen LogP contribution in [-0.4, -0.2) is 23.5 Å². The van der Waals surface area contributed by atoms with Crippen molar-refractivity contribution in [2.75, 3.05) is 6.61 Å². The first kappa shape index (κ1) is 12.3. The highest BCUT2D eigenvalue weighted by Crippen LogP contribution is 2.19. The third-order valence-corrected chi connectivity index (χ3v) is 2.71. The average molecular weight is 246 g/mol. The fraction of sp³-hybridized carbons (Fsp3) is 0.308. The normalized spacial score (nSPS) is 14.1. The summed E-state index contributed by atoms with van der Waals surface area (Å²) < 4.78 is 4.83. The minimum Gasteiger partial charge on any atom is -0.463 e. The maximum absolute atomic E-state index is 11.5. The highest BCUT2D eigenvalue weighted by Gasteiger charge is 2.20. The Bertz CT molecular complexity index is 535. The van der Waals surface area contributed by atoms with Crippen LogP contribution in [-0.2, 0) is 16.1 Å². The summed E-state index contributed by atoms with van der Waals surface area (Å²) in [6, 6.07) is 1.75. The standard InChI is InChI=1S/C13H14N2O3/c1-3-18-12(16)4-8(2)9-5-10-11(14-6-9)7-15-13(10)17/h4-6H,3,7H2,1-2H3,(H,15,17)/b8-4+. The number of ether oxygens (including phenoxy) is 1. The van der Waals surface area contributed by atoms with E-state index >= 15 is 0 Å². The SMILES string of the molecule is CCOC(=O)/C=C(\C)c1cnc2c(c1)C(=O)NC2. The fourth-order valence-corrected chi connectivity index (χ4v) is 1.75. The van der Waals surface area contributed by atoms with Crippen molar-refractivity contribution in [3.05, 3.63) is 35.2 Å². The molecule has 1 aromatic rings. The average Bonchev–Trinajstić information content (AvgIpc) is 2.71. The summed E-state index contributed by atoms with van der Waals surface area (Å²) in [6.45, 7) is 4.35. The van der Waals surface area contributed by atoms with Gasteiger partial charge in [0.2, 0.25) is 0 Å². The Morgan fingerprint density at radius 3 is 3.11 bits per heavy atom. The molecule has 5 nitrogen and oxygen atoms in total. The molecule has 0 unspecified atom stereocenters. The zero-order valence-corrected chi connectivity index (χ0v) is 10.3. The molecule has 0 fully saturated rings. The first-order chi connectivity index (χ1) is 8.61. The number of nitrogens with zero attached hydrogens (tertiary/aromatic N) is 1. The number of aromatic nitrogens is 1. The number of fused-ring (bicyclic) bond motifs is 1. The molecule has 94 valence electrons. The van der Waals surface area contributed by atoms with Gasteiger partial charge in [0.25, 0.3) is 5.91 Å². The topological polar surface area (TPSA) is 68.3 Å². The monoisotopic (exact) mass is 246 g/mol. The van der Waals surface area contributed by atoms with Crippen LogP contribution in [0.5, 0.6) is 0 Å². The molecule has 0 aliphatic carbocycles. The van der Waals surface area contributed by atoms with Crippen molar-refractivity contribution < 1.29 is 14.3 Å². The molecule has 0 saturated heterocycles. The zero-order valence-electron chi connectivity index (χ0n) is 10.3. The summed E-state index contributed by atoms with van der Waals surface area (Å²) in [7, 11) is 0. The minimum atomic E-state index is -0.389. The second-order valence-electron chi connectivity index (χ2n) is 3.98. The van der Waals surface area contributed by atoms with E-state index in [1.165, 1.54) is 6.08 Å². The summed E-state index contributed by atoms with van der Waals surface area (Å²) in [5.74, 6) is -0.511. The van der Waals surface area contributed by atoms with Gasteiger partial charge in [0.15, 0.2) is 0 Å². The number of nitrogens with one attached hydrogen (secondary N) is 1. The lowest BCUT2D eigenvalue weighted by atomic mass is 10.1. The van der Waals surface area contributed by atoms with E-state index in [0.717, 1.165) is 16.8 Å². The number of carbonyl (C=O) groups is 2. The number of hydrogen-bond acceptors (Lipinski definition) is 4. The molecule has 0 spiro atoms. The Morgan fingerprint density at radius 2 is 2.39 bits per heavy atom. The van der Waals surface area contributed by atoms with Crippen molar-refractivity contribution >= 4 is 17.4 Å². The molecule has 2 rings (SSSR count). The molecule has 2 heterocycles. The quantitative estimate of drug-likeness (QED) is 0.644. The van der Waals surface area contributed by atoms with E-state index in [1.54, 1.807) is 26.1 Å². The van der Waals surface area contributed by atoms with Gasteiger partial charge in [0.1, 0.15) is 0 Å². The van der Waals surface area contributed by atoms with Gasteiger partial charge in [0, 0.05) is 12.3 Å². The van der Waals surface area contributed by atoms with E-state index in [1.807, 2.05) is 0 Å². The maximum Gasteiger partial charge on any atom is 0.331 e. The van der Waals surface area contributed by atoms with E-state index < -0.39 is 0 Å². The molecule has 0 aromatic carbocycles. The second-order valence-corrected chi connectivity index (χ2v) is 3.98. The number of esters is 1. The molecule has 18 heavy (non-hydrogen) atoms. The van der Waals surface area contributed by atoms with Crippen LogP contribution in [0.2, 0.25) is 0 Å². The summed E-state index contributed by atoms with van der Waals surface area (Å²) in [4.78, 5) is 27.0. The van der Waals surface area contributed by atoms with Gasteiger partial charge in [-0.2, -0.15) is 0 Å². The lowest BCUT2D eigenvalue weighted by molar-refractivity contribution is -0.137. The second kappa shape index (κ2) is 5.00. The van der Waals surface area contributed by atoms with E-state index in [2.05, 4.69) is 10.3 Å². The van der Waals surface area contributed by atoms with Crippen LogP contribution in [0.1, 0.15) is 35.5 Å². The van der Waals surface area contributed by atoms with E-state index in [0.29, 0.717) is 18.7 Å². The molecule has 1 N–H and O–H groups in total. The van der Waals surface area contributed by atoms with E-state index in [4.69, 9.17) is 4.74 Å². The van der Waals surface area contributed by atoms with Crippen LogP contribution in [0.25, 0.3) is 5.57 Å². The Kier molecular flexibility index (Phi) is 3.41. The van der Waals surface area contributed by atoms with Gasteiger partial charge in [-0.25, -0.2) is 4.79 Å².